The second-order valence-electron chi connectivity index (χ2n) is 18.6. The quantitative estimate of drug-likeness (QED) is 0.0248. The predicted molar refractivity (Wildman–Crippen MR) is 297 cm³/mol. The van der Waals surface area contributed by atoms with Crippen LogP contribution in [-0.4, -0.2) is 141 Å². The fourth-order valence-electron chi connectivity index (χ4n) is 8.43. The number of hydrogen-bond acceptors (Lipinski definition) is 18. The van der Waals surface area contributed by atoms with Gasteiger partial charge in [0.15, 0.2) is 11.2 Å². The van der Waals surface area contributed by atoms with Crippen LogP contribution in [0, 0.1) is 6.92 Å². The summed E-state index contributed by atoms with van der Waals surface area (Å²) in [4.78, 5) is 58.0. The number of carboxylic acids is 1. The zero-order valence-corrected chi connectivity index (χ0v) is 45.6. The maximum atomic E-state index is 12.9. The van der Waals surface area contributed by atoms with E-state index < -0.39 is 17.9 Å². The average molecular weight is 1140 g/mol. The van der Waals surface area contributed by atoms with E-state index in [2.05, 4.69) is 74.2 Å². The normalized spacial score (nSPS) is 11.8. The standard InChI is InChI=1S/C54H63Cl2N15O9/c1-35-46(27-38-26-40(55)9-12-44(38)56)71-32-37(8-14-47(71)62-35)39-28-61-69(31-39)17-4-2-3-5-18-70-33-43(67-68-70)34-80-25-24-79-23-22-78-21-20-77-19-16-58-48(72)15-13-45(53(75)76)64-51(73)36-6-10-41(11-7-36)59-29-42-30-60-50-49(63-42)52(74)66-54(57)65-50/h6-12,14,26,28,30-33,45,59H,2-5,13,15-25,27,29,34H2,1H3,(H,58,72)(H,64,73)(H,75,76)(H3,57,60,65,66,74)/t45-/m0/s1. The number of anilines is 2. The number of rotatable bonds is 33. The van der Waals surface area contributed by atoms with Crippen molar-refractivity contribution in [2.45, 2.75) is 84.2 Å². The molecule has 0 aliphatic heterocycles. The van der Waals surface area contributed by atoms with E-state index >= 15 is 0 Å². The molecule has 0 bridgehead atoms. The number of halogens is 2. The molecule has 2 amide bonds. The van der Waals surface area contributed by atoms with Crippen molar-refractivity contribution in [2.75, 3.05) is 63.8 Å². The predicted octanol–water partition coefficient (Wildman–Crippen LogP) is 6.24. The van der Waals surface area contributed by atoms with Crippen LogP contribution < -0.4 is 21.7 Å². The van der Waals surface area contributed by atoms with E-state index in [-0.39, 0.29) is 67.0 Å². The van der Waals surface area contributed by atoms with Crippen molar-refractivity contribution in [2.24, 2.45) is 0 Å². The number of hydrogen-bond donors (Lipinski definition) is 6. The van der Waals surface area contributed by atoms with Crippen LogP contribution in [0.1, 0.15) is 77.2 Å². The van der Waals surface area contributed by atoms with Gasteiger partial charge < -0.3 is 55.2 Å². The maximum absolute atomic E-state index is 12.9. The summed E-state index contributed by atoms with van der Waals surface area (Å²) in [6, 6.07) is 14.7. The molecule has 0 aliphatic carbocycles. The number of pyridine rings is 1. The Morgan fingerprint density at radius 2 is 1.51 bits per heavy atom. The van der Waals surface area contributed by atoms with Crippen LogP contribution in [0.3, 0.4) is 0 Å². The van der Waals surface area contributed by atoms with E-state index in [9.17, 15) is 24.6 Å². The Labute approximate surface area is 470 Å². The summed E-state index contributed by atoms with van der Waals surface area (Å²) in [5, 5.41) is 42.4. The number of aromatic hydroxyl groups is 1. The first kappa shape index (κ1) is 58.3. The zero-order chi connectivity index (χ0) is 56.2. The van der Waals surface area contributed by atoms with Gasteiger partial charge in [0.05, 0.1) is 89.4 Å². The maximum Gasteiger partial charge on any atom is 0.326 e. The highest BCUT2D eigenvalue weighted by Gasteiger charge is 2.22. The lowest BCUT2D eigenvalue weighted by molar-refractivity contribution is -0.139. The third-order valence-electron chi connectivity index (χ3n) is 12.6. The molecule has 0 radical (unpaired) electrons. The van der Waals surface area contributed by atoms with Crippen LogP contribution in [0.5, 0.6) is 5.88 Å². The van der Waals surface area contributed by atoms with Gasteiger partial charge in [0.2, 0.25) is 17.7 Å². The van der Waals surface area contributed by atoms with Crippen LogP contribution in [0.2, 0.25) is 10.0 Å². The number of nitrogens with zero attached hydrogens (tertiary/aromatic N) is 11. The number of nitrogens with one attached hydrogen (secondary N) is 3. The number of amides is 2. The van der Waals surface area contributed by atoms with E-state index in [0.29, 0.717) is 74.1 Å². The molecule has 7 N–H and O–H groups in total. The highest BCUT2D eigenvalue weighted by molar-refractivity contribution is 6.33. The van der Waals surface area contributed by atoms with Crippen molar-refractivity contribution in [3.63, 3.8) is 0 Å². The van der Waals surface area contributed by atoms with Crippen LogP contribution in [0.15, 0.2) is 85.6 Å². The third kappa shape index (κ3) is 17.3. The van der Waals surface area contributed by atoms with Crippen LogP contribution in [0.4, 0.5) is 11.6 Å². The Balaban J connectivity index is 0.594. The molecule has 8 aromatic rings. The number of nitrogens with two attached hydrogens (primary N) is 1. The SMILES string of the molecule is Cc1nc2ccc(-c3cnn(CCCCCCn4cc(COCCOCCOCCOCCNC(=O)CC[C@H](NC(=O)c5ccc(NCc6cnc7nc(N)nc(O)c7n6)cc5)C(=O)O)nn4)c3)cn2c1Cc1cc(Cl)ccc1Cl. The molecule has 6 heterocycles. The lowest BCUT2D eigenvalue weighted by atomic mass is 10.1. The first-order valence-electron chi connectivity index (χ1n) is 26.1. The number of imidazole rings is 1. The number of ether oxygens (including phenoxy) is 4. The summed E-state index contributed by atoms with van der Waals surface area (Å²) in [5.41, 5.74) is 13.9. The van der Waals surface area contributed by atoms with Gasteiger partial charge in [-0.15, -0.1) is 5.10 Å². The first-order valence-corrected chi connectivity index (χ1v) is 26.9. The topological polar surface area (TPSA) is 308 Å². The molecule has 0 spiro atoms. The Morgan fingerprint density at radius 3 is 2.27 bits per heavy atom. The number of benzene rings is 2. The van der Waals surface area contributed by atoms with Crippen molar-refractivity contribution in [3.05, 3.63) is 130 Å². The molecule has 2 aromatic carbocycles. The molecule has 80 heavy (non-hydrogen) atoms. The number of carboxylic acid groups (broad SMARTS) is 1. The summed E-state index contributed by atoms with van der Waals surface area (Å²) in [7, 11) is 0. The minimum absolute atomic E-state index is 0.107. The van der Waals surface area contributed by atoms with Crippen molar-refractivity contribution < 1.29 is 43.5 Å². The second-order valence-corrected chi connectivity index (χ2v) is 19.4. The van der Waals surface area contributed by atoms with Crippen molar-refractivity contribution in [1.82, 2.24) is 64.7 Å². The molecule has 8 rings (SSSR count). The molecular formula is C54H63Cl2N15O9. The van der Waals surface area contributed by atoms with Gasteiger partial charge in [-0.3, -0.25) is 19.0 Å². The fourth-order valence-corrected chi connectivity index (χ4v) is 8.81. The molecule has 0 aliphatic rings. The highest BCUT2D eigenvalue weighted by atomic mass is 35.5. The van der Waals surface area contributed by atoms with Crippen molar-refractivity contribution in [1.29, 1.82) is 0 Å². The molecule has 1 atom stereocenters. The van der Waals surface area contributed by atoms with Gasteiger partial charge in [0.25, 0.3) is 5.91 Å². The molecule has 0 saturated heterocycles. The zero-order valence-electron chi connectivity index (χ0n) is 44.1. The summed E-state index contributed by atoms with van der Waals surface area (Å²) in [5.74, 6) is -2.75. The number of aromatic nitrogens is 11. The Kier molecular flexibility index (Phi) is 21.4. The van der Waals surface area contributed by atoms with E-state index in [0.717, 1.165) is 78.2 Å². The number of aryl methyl sites for hydroxylation is 3. The van der Waals surface area contributed by atoms with Gasteiger partial charge in [0, 0.05) is 83.0 Å². The van der Waals surface area contributed by atoms with E-state index in [1.54, 1.807) is 18.2 Å². The molecule has 0 unspecified atom stereocenters. The molecule has 24 nitrogen and oxygen atoms in total. The van der Waals surface area contributed by atoms with Crippen molar-refractivity contribution in [3.8, 4) is 17.0 Å². The fraction of sp³-hybridized carbons (Fsp3) is 0.389. The average Bonchev–Trinajstić information content (AvgIpc) is 4.22. The lowest BCUT2D eigenvalue weighted by Crippen LogP contribution is -2.41. The summed E-state index contributed by atoms with van der Waals surface area (Å²) in [6.07, 6.45) is 14.0. The monoisotopic (exact) mass is 1140 g/mol. The molecule has 26 heteroatoms. The van der Waals surface area contributed by atoms with Gasteiger partial charge in [-0.25, -0.2) is 19.7 Å². The summed E-state index contributed by atoms with van der Waals surface area (Å²) >= 11 is 12.8. The first-order chi connectivity index (χ1) is 38.8. The minimum atomic E-state index is -1.28. The molecular weight excluding hydrogens is 1070 g/mol. The van der Waals surface area contributed by atoms with Gasteiger partial charge in [0.1, 0.15) is 17.4 Å². The van der Waals surface area contributed by atoms with Gasteiger partial charge >= 0.3 is 5.97 Å². The molecule has 0 fully saturated rings. The Morgan fingerprint density at radius 1 is 0.775 bits per heavy atom. The summed E-state index contributed by atoms with van der Waals surface area (Å²) < 4.78 is 28.3. The Hall–Kier alpha value is -7.87. The van der Waals surface area contributed by atoms with Gasteiger partial charge in [-0.05, 0) is 86.3 Å². The van der Waals surface area contributed by atoms with Crippen LogP contribution >= 0.6 is 23.2 Å². The highest BCUT2D eigenvalue weighted by Crippen LogP contribution is 2.27. The van der Waals surface area contributed by atoms with Gasteiger partial charge in [-0.2, -0.15) is 15.1 Å². The largest absolute Gasteiger partial charge is 0.492 e. The van der Waals surface area contributed by atoms with E-state index in [1.165, 1.54) is 18.3 Å². The van der Waals surface area contributed by atoms with E-state index in [4.69, 9.17) is 52.9 Å². The number of aliphatic carboxylic acids is 1. The van der Waals surface area contributed by atoms with Crippen molar-refractivity contribution >= 4 is 69.4 Å². The number of fused-ring (bicyclic) bond motifs is 2. The van der Waals surface area contributed by atoms with E-state index in [1.807, 2.05) is 46.9 Å². The van der Waals surface area contributed by atoms with Crippen LogP contribution in [0.25, 0.3) is 27.9 Å². The number of nitrogen functional groups attached to an aromatic ring is 1. The van der Waals surface area contributed by atoms with Gasteiger partial charge in [-0.1, -0.05) is 41.3 Å². The number of unbranched alkanes of at least 4 members (excludes halogenated alkanes) is 3. The smallest absolute Gasteiger partial charge is 0.326 e. The molecule has 6 aromatic heterocycles. The lowest BCUT2D eigenvalue weighted by Gasteiger charge is -2.15. The summed E-state index contributed by atoms with van der Waals surface area (Å²) in [6.45, 7) is 6.87. The molecule has 0 saturated carbocycles. The minimum Gasteiger partial charge on any atom is -0.492 e. The second kappa shape index (κ2) is 29.4. The molecule has 422 valence electrons. The Bertz CT molecular complexity index is 3340. The van der Waals surface area contributed by atoms with Crippen LogP contribution in [-0.2, 0) is 61.2 Å². The third-order valence-corrected chi connectivity index (χ3v) is 13.2. The number of carbonyl (C=O) groups is 3. The number of carbonyl (C=O) groups excluding carboxylic acids is 2.